The Morgan fingerprint density at radius 3 is 2.34 bits per heavy atom. The van der Waals surface area contributed by atoms with E-state index in [-0.39, 0.29) is 29.7 Å². The summed E-state index contributed by atoms with van der Waals surface area (Å²) in [6.07, 6.45) is 0. The minimum atomic E-state index is -0.380. The molecule has 1 heterocycles. The molecule has 1 aromatic heterocycles. The molecule has 4 rings (SSSR count). The van der Waals surface area contributed by atoms with Crippen molar-refractivity contribution in [1.29, 1.82) is 0 Å². The number of rotatable bonds is 7. The average Bonchev–Trinajstić information content (AvgIpc) is 3.14. The second kappa shape index (κ2) is 9.01. The number of phenolic OH excluding ortho intramolecular Hbond substituents is 2. The van der Waals surface area contributed by atoms with Crippen molar-refractivity contribution in [3.05, 3.63) is 93.9 Å². The van der Waals surface area contributed by atoms with Gasteiger partial charge in [0.1, 0.15) is 23.9 Å². The van der Waals surface area contributed by atoms with Gasteiger partial charge < -0.3 is 14.9 Å². The molecule has 0 aliphatic rings. The molecular weight excluding hydrogens is 406 g/mol. The Kier molecular flexibility index (Phi) is 5.98. The zero-order valence-corrected chi connectivity index (χ0v) is 17.9. The van der Waals surface area contributed by atoms with Gasteiger partial charge in [-0.3, -0.25) is 4.57 Å². The molecule has 0 radical (unpaired) electrons. The number of aromatic amines is 1. The Hall–Kier alpha value is -4.00. The molecule has 0 bridgehead atoms. The van der Waals surface area contributed by atoms with Crippen LogP contribution in [0.2, 0.25) is 0 Å². The number of H-pyrrole nitrogens is 1. The number of aromatic nitrogens is 3. The molecule has 0 aliphatic carbocycles. The van der Waals surface area contributed by atoms with Gasteiger partial charge in [-0.2, -0.15) is 5.10 Å². The van der Waals surface area contributed by atoms with Gasteiger partial charge in [0.25, 0.3) is 0 Å². The summed E-state index contributed by atoms with van der Waals surface area (Å²) in [5.74, 6) is 1.03. The fourth-order valence-electron chi connectivity index (χ4n) is 3.51. The fraction of sp³-hybridized carbons (Fsp3) is 0.200. The molecule has 0 aliphatic heterocycles. The molecule has 0 amide bonds. The third kappa shape index (κ3) is 4.51. The van der Waals surface area contributed by atoms with E-state index in [0.717, 1.165) is 16.9 Å². The Balaban J connectivity index is 1.56. The Morgan fingerprint density at radius 2 is 1.66 bits per heavy atom. The first kappa shape index (κ1) is 21.2. The second-order valence-corrected chi connectivity index (χ2v) is 7.94. The van der Waals surface area contributed by atoms with E-state index in [9.17, 15) is 15.0 Å². The van der Waals surface area contributed by atoms with Gasteiger partial charge in [-0.1, -0.05) is 56.3 Å². The van der Waals surface area contributed by atoms with Crippen LogP contribution < -0.4 is 10.4 Å². The summed E-state index contributed by atoms with van der Waals surface area (Å²) in [4.78, 5) is 12.4. The predicted octanol–water partition coefficient (Wildman–Crippen LogP) is 4.40. The van der Waals surface area contributed by atoms with Crippen molar-refractivity contribution >= 4 is 0 Å². The molecule has 0 spiro atoms. The van der Waals surface area contributed by atoms with Gasteiger partial charge in [-0.15, -0.1) is 0 Å². The van der Waals surface area contributed by atoms with Crippen molar-refractivity contribution in [3.8, 4) is 28.6 Å². The van der Waals surface area contributed by atoms with Crippen LogP contribution in [0, 0.1) is 0 Å². The number of ether oxygens (including phenoxy) is 1. The molecule has 0 unspecified atom stereocenters. The third-order valence-corrected chi connectivity index (χ3v) is 5.28. The van der Waals surface area contributed by atoms with E-state index < -0.39 is 0 Å². The molecule has 3 aromatic carbocycles. The lowest BCUT2D eigenvalue weighted by Gasteiger charge is -2.13. The van der Waals surface area contributed by atoms with Crippen molar-refractivity contribution in [2.24, 2.45) is 0 Å². The molecule has 7 nitrogen and oxygen atoms in total. The number of nitrogens with one attached hydrogen (secondary N) is 1. The highest BCUT2D eigenvalue weighted by molar-refractivity contribution is 5.67. The lowest BCUT2D eigenvalue weighted by Crippen LogP contribution is -2.18. The van der Waals surface area contributed by atoms with Gasteiger partial charge in [0, 0.05) is 6.07 Å². The highest BCUT2D eigenvalue weighted by atomic mass is 16.5. The SMILES string of the molecule is CC(C)c1cc(-c2n[nH]c(=O)n2Cc2ccc(COc3ccccc3)cc2)c(O)cc1O. The standard InChI is InChI=1S/C25H25N3O4/c1-16(2)20-12-21(23(30)13-22(20)29)24-26-27-25(31)28(24)14-17-8-10-18(11-9-17)15-32-19-6-4-3-5-7-19/h3-13,16,29-30H,14-15H2,1-2H3,(H,27,31). The van der Waals surface area contributed by atoms with E-state index in [0.29, 0.717) is 23.6 Å². The number of hydrogen-bond donors (Lipinski definition) is 3. The minimum Gasteiger partial charge on any atom is -0.508 e. The van der Waals surface area contributed by atoms with Crippen molar-refractivity contribution in [2.75, 3.05) is 0 Å². The van der Waals surface area contributed by atoms with Crippen molar-refractivity contribution in [2.45, 2.75) is 32.9 Å². The van der Waals surface area contributed by atoms with Crippen LogP contribution in [-0.2, 0) is 13.2 Å². The zero-order valence-electron chi connectivity index (χ0n) is 17.9. The maximum Gasteiger partial charge on any atom is 0.343 e. The Morgan fingerprint density at radius 1 is 0.969 bits per heavy atom. The van der Waals surface area contributed by atoms with Crippen LogP contribution in [0.5, 0.6) is 17.2 Å². The normalized spacial score (nSPS) is 11.1. The number of para-hydroxylation sites is 1. The van der Waals surface area contributed by atoms with E-state index in [1.54, 1.807) is 6.07 Å². The minimum absolute atomic E-state index is 0.0130. The number of phenols is 2. The smallest absolute Gasteiger partial charge is 0.343 e. The van der Waals surface area contributed by atoms with Crippen molar-refractivity contribution in [3.63, 3.8) is 0 Å². The topological polar surface area (TPSA) is 100 Å². The molecule has 164 valence electrons. The molecule has 7 heteroatoms. The van der Waals surface area contributed by atoms with Gasteiger partial charge in [0.15, 0.2) is 5.82 Å². The van der Waals surface area contributed by atoms with Crippen molar-refractivity contribution in [1.82, 2.24) is 14.8 Å². The van der Waals surface area contributed by atoms with Gasteiger partial charge in [0.05, 0.1) is 12.1 Å². The van der Waals surface area contributed by atoms with Crippen LogP contribution in [0.25, 0.3) is 11.4 Å². The number of nitrogens with zero attached hydrogens (tertiary/aromatic N) is 2. The van der Waals surface area contributed by atoms with Gasteiger partial charge in [0.2, 0.25) is 0 Å². The van der Waals surface area contributed by atoms with Crippen LogP contribution in [0.15, 0.2) is 71.5 Å². The molecule has 0 atom stereocenters. The predicted molar refractivity (Wildman–Crippen MR) is 122 cm³/mol. The number of benzene rings is 3. The molecular formula is C25H25N3O4. The van der Waals surface area contributed by atoms with E-state index in [1.165, 1.54) is 10.6 Å². The van der Waals surface area contributed by atoms with E-state index >= 15 is 0 Å². The maximum atomic E-state index is 12.4. The lowest BCUT2D eigenvalue weighted by atomic mass is 9.98. The Labute approximate surface area is 185 Å². The van der Waals surface area contributed by atoms with Crippen LogP contribution in [0.4, 0.5) is 0 Å². The Bertz CT molecular complexity index is 1260. The van der Waals surface area contributed by atoms with Crippen molar-refractivity contribution < 1.29 is 14.9 Å². The molecule has 3 N–H and O–H groups in total. The summed E-state index contributed by atoms with van der Waals surface area (Å²) in [6.45, 7) is 4.61. The summed E-state index contributed by atoms with van der Waals surface area (Å²) in [5, 5.41) is 27.1. The van der Waals surface area contributed by atoms with Gasteiger partial charge in [-0.05, 0) is 40.8 Å². The van der Waals surface area contributed by atoms with Crippen LogP contribution in [-0.4, -0.2) is 25.0 Å². The summed E-state index contributed by atoms with van der Waals surface area (Å²) >= 11 is 0. The van der Waals surface area contributed by atoms with E-state index in [4.69, 9.17) is 4.74 Å². The monoisotopic (exact) mass is 431 g/mol. The lowest BCUT2D eigenvalue weighted by molar-refractivity contribution is 0.306. The van der Waals surface area contributed by atoms with E-state index in [1.807, 2.05) is 68.4 Å². The summed E-state index contributed by atoms with van der Waals surface area (Å²) in [7, 11) is 0. The van der Waals surface area contributed by atoms with Crippen LogP contribution >= 0.6 is 0 Å². The fourth-order valence-corrected chi connectivity index (χ4v) is 3.51. The molecule has 0 saturated heterocycles. The van der Waals surface area contributed by atoms with Gasteiger partial charge >= 0.3 is 5.69 Å². The first-order valence-corrected chi connectivity index (χ1v) is 10.4. The second-order valence-electron chi connectivity index (χ2n) is 7.94. The summed E-state index contributed by atoms with van der Waals surface area (Å²) in [5.41, 5.74) is 2.59. The first-order valence-electron chi connectivity index (χ1n) is 10.4. The third-order valence-electron chi connectivity index (χ3n) is 5.28. The highest BCUT2D eigenvalue weighted by Gasteiger charge is 2.18. The summed E-state index contributed by atoms with van der Waals surface area (Å²) < 4.78 is 7.23. The maximum absolute atomic E-state index is 12.4. The number of aromatic hydroxyl groups is 2. The number of hydrogen-bond acceptors (Lipinski definition) is 5. The quantitative estimate of drug-likeness (QED) is 0.403. The first-order chi connectivity index (χ1) is 15.4. The van der Waals surface area contributed by atoms with Crippen LogP contribution in [0.3, 0.4) is 0 Å². The van der Waals surface area contributed by atoms with E-state index in [2.05, 4.69) is 10.2 Å². The molecule has 32 heavy (non-hydrogen) atoms. The largest absolute Gasteiger partial charge is 0.508 e. The molecule has 0 saturated carbocycles. The average molecular weight is 431 g/mol. The molecule has 0 fully saturated rings. The zero-order chi connectivity index (χ0) is 22.7. The van der Waals surface area contributed by atoms with Gasteiger partial charge in [-0.25, -0.2) is 9.89 Å². The molecule has 4 aromatic rings. The summed E-state index contributed by atoms with van der Waals surface area (Å²) in [6, 6.07) is 20.3. The van der Waals surface area contributed by atoms with Crippen LogP contribution in [0.1, 0.15) is 36.5 Å². The highest BCUT2D eigenvalue weighted by Crippen LogP contribution is 2.36.